The molecule has 3 heterocycles. The Kier molecular flexibility index (Phi) is 7.87. The second-order valence-electron chi connectivity index (χ2n) is 13.9. The van der Waals surface area contributed by atoms with E-state index in [9.17, 15) is 0 Å². The molecule has 0 saturated heterocycles. The zero-order valence-corrected chi connectivity index (χ0v) is 31.7. The molecular weight excluding hydrogens is 719 g/mol. The Hall–Kier alpha value is -6.79. The van der Waals surface area contributed by atoms with E-state index in [1.54, 1.807) is 22.7 Å². The van der Waals surface area contributed by atoms with Crippen molar-refractivity contribution < 1.29 is 0 Å². The predicted octanol–water partition coefficient (Wildman–Crippen LogP) is 14.6. The lowest BCUT2D eigenvalue weighted by Crippen LogP contribution is -2.01. The van der Waals surface area contributed by atoms with Gasteiger partial charge in [-0.25, -0.2) is 15.0 Å². The maximum absolute atomic E-state index is 5.38. The number of nitrogens with zero attached hydrogens (tertiary/aromatic N) is 3. The van der Waals surface area contributed by atoms with Crippen molar-refractivity contribution in [3.63, 3.8) is 0 Å². The van der Waals surface area contributed by atoms with Crippen LogP contribution in [0, 0.1) is 0 Å². The van der Waals surface area contributed by atoms with Crippen LogP contribution in [0.4, 0.5) is 0 Å². The predicted molar refractivity (Wildman–Crippen MR) is 238 cm³/mol. The van der Waals surface area contributed by atoms with Gasteiger partial charge in [-0.05, 0) is 69.8 Å². The highest BCUT2D eigenvalue weighted by Crippen LogP contribution is 2.43. The number of aromatic nitrogens is 3. The van der Waals surface area contributed by atoms with Gasteiger partial charge < -0.3 is 0 Å². The fraction of sp³-hybridized carbons (Fsp3) is 0. The molecule has 0 atom stereocenters. The van der Waals surface area contributed by atoms with E-state index in [1.807, 2.05) is 0 Å². The summed E-state index contributed by atoms with van der Waals surface area (Å²) in [6, 6.07) is 66.8. The van der Waals surface area contributed by atoms with E-state index < -0.39 is 0 Å². The number of thiophene rings is 2. The van der Waals surface area contributed by atoms with Gasteiger partial charge in [0.2, 0.25) is 0 Å². The summed E-state index contributed by atoms with van der Waals surface area (Å²) >= 11 is 3.59. The summed E-state index contributed by atoms with van der Waals surface area (Å²) in [5, 5.41) is 4.92. The topological polar surface area (TPSA) is 38.7 Å². The maximum Gasteiger partial charge on any atom is 0.165 e. The van der Waals surface area contributed by atoms with Crippen LogP contribution in [0.2, 0.25) is 0 Å². The van der Waals surface area contributed by atoms with Crippen molar-refractivity contribution in [3.05, 3.63) is 188 Å². The molecule has 0 spiro atoms. The van der Waals surface area contributed by atoms with Gasteiger partial charge in [-0.3, -0.25) is 0 Å². The fourth-order valence-corrected chi connectivity index (χ4v) is 10.3. The first-order valence-electron chi connectivity index (χ1n) is 18.7. The molecular formula is C51H31N3S2. The molecule has 0 aliphatic rings. The molecule has 0 fully saturated rings. The Balaban J connectivity index is 1.17. The summed E-state index contributed by atoms with van der Waals surface area (Å²) in [6.07, 6.45) is 0. The molecule has 0 unspecified atom stereocenters. The number of hydrogen-bond acceptors (Lipinski definition) is 5. The first-order chi connectivity index (χ1) is 27.7. The van der Waals surface area contributed by atoms with E-state index in [0.29, 0.717) is 17.5 Å². The zero-order chi connectivity index (χ0) is 37.0. The molecule has 0 bridgehead atoms. The second-order valence-corrected chi connectivity index (χ2v) is 16.0. The van der Waals surface area contributed by atoms with Gasteiger partial charge in [-0.2, -0.15) is 0 Å². The zero-order valence-electron chi connectivity index (χ0n) is 30.1. The second kappa shape index (κ2) is 13.5. The average Bonchev–Trinajstić information content (AvgIpc) is 3.86. The molecule has 8 aromatic carbocycles. The SMILES string of the molecule is c1ccc(-c2ccc(-c3cc(-c4ccccc4)ccc3-c3nc(-c4cccc5c4sc4ccccc45)nc(-c4cccc5c4sc4ccccc45)n3)cc2)cc1. The molecule has 5 heteroatoms. The quantitative estimate of drug-likeness (QED) is 0.170. The van der Waals surface area contributed by atoms with Crippen LogP contribution < -0.4 is 0 Å². The standard InChI is InChI=1S/C51H31N3S2/c1-3-13-32(14-4-1)34-25-27-35(28-26-34)44-31-36(33-15-5-2-6-16-33)29-30-41(44)49-52-50(42-21-11-19-39-37-17-7-9-23-45(37)55-47(39)42)54-51(53-49)43-22-12-20-40-38-18-8-10-24-46(38)56-48(40)43/h1-31H. The normalized spacial score (nSPS) is 11.6. The van der Waals surface area contributed by atoms with Crippen LogP contribution in [0.1, 0.15) is 0 Å². The molecule has 11 rings (SSSR count). The highest BCUT2D eigenvalue weighted by molar-refractivity contribution is 7.26. The Labute approximate surface area is 331 Å². The average molecular weight is 750 g/mol. The molecule has 0 amide bonds. The largest absolute Gasteiger partial charge is 0.208 e. The van der Waals surface area contributed by atoms with Gasteiger partial charge in [0.1, 0.15) is 0 Å². The van der Waals surface area contributed by atoms with Crippen molar-refractivity contribution in [1.29, 1.82) is 0 Å². The number of hydrogen-bond donors (Lipinski definition) is 0. The molecule has 0 N–H and O–H groups in total. The lowest BCUT2D eigenvalue weighted by molar-refractivity contribution is 1.08. The first kappa shape index (κ1) is 32.6. The highest BCUT2D eigenvalue weighted by atomic mass is 32.1. The van der Waals surface area contributed by atoms with Crippen molar-refractivity contribution in [2.45, 2.75) is 0 Å². The van der Waals surface area contributed by atoms with Crippen LogP contribution in [0.15, 0.2) is 188 Å². The Bertz CT molecular complexity index is 3110. The van der Waals surface area contributed by atoms with Gasteiger partial charge in [0.15, 0.2) is 17.5 Å². The van der Waals surface area contributed by atoms with Crippen molar-refractivity contribution >= 4 is 63.0 Å². The van der Waals surface area contributed by atoms with Crippen LogP contribution in [-0.2, 0) is 0 Å². The summed E-state index contributed by atoms with van der Waals surface area (Å²) in [5.74, 6) is 1.97. The van der Waals surface area contributed by atoms with Crippen LogP contribution in [0.3, 0.4) is 0 Å². The van der Waals surface area contributed by atoms with Crippen molar-refractivity contribution in [3.8, 4) is 67.5 Å². The van der Waals surface area contributed by atoms with E-state index >= 15 is 0 Å². The summed E-state index contributed by atoms with van der Waals surface area (Å²) in [7, 11) is 0. The minimum Gasteiger partial charge on any atom is -0.208 e. The summed E-state index contributed by atoms with van der Waals surface area (Å²) in [5.41, 5.74) is 9.78. The van der Waals surface area contributed by atoms with E-state index in [0.717, 1.165) is 38.9 Å². The van der Waals surface area contributed by atoms with Crippen molar-refractivity contribution in [2.24, 2.45) is 0 Å². The van der Waals surface area contributed by atoms with Gasteiger partial charge in [0.05, 0.1) is 0 Å². The van der Waals surface area contributed by atoms with Gasteiger partial charge in [-0.15, -0.1) is 22.7 Å². The van der Waals surface area contributed by atoms with Crippen molar-refractivity contribution in [2.75, 3.05) is 0 Å². The maximum atomic E-state index is 5.38. The molecule has 0 radical (unpaired) electrons. The molecule has 0 aliphatic heterocycles. The molecule has 56 heavy (non-hydrogen) atoms. The minimum absolute atomic E-state index is 0.642. The Morgan fingerprint density at radius 1 is 0.268 bits per heavy atom. The van der Waals surface area contributed by atoms with Gasteiger partial charge >= 0.3 is 0 Å². The summed E-state index contributed by atoms with van der Waals surface area (Å²) in [6.45, 7) is 0. The van der Waals surface area contributed by atoms with E-state index in [-0.39, 0.29) is 0 Å². The van der Waals surface area contributed by atoms with Crippen LogP contribution in [0.5, 0.6) is 0 Å². The van der Waals surface area contributed by atoms with Crippen LogP contribution >= 0.6 is 22.7 Å². The van der Waals surface area contributed by atoms with Crippen molar-refractivity contribution in [1.82, 2.24) is 15.0 Å². The Morgan fingerprint density at radius 3 is 1.23 bits per heavy atom. The van der Waals surface area contributed by atoms with Gasteiger partial charge in [-0.1, -0.05) is 152 Å². The molecule has 0 aliphatic carbocycles. The third-order valence-electron chi connectivity index (χ3n) is 10.6. The monoisotopic (exact) mass is 749 g/mol. The fourth-order valence-electron chi connectivity index (χ4n) is 7.84. The van der Waals surface area contributed by atoms with Gasteiger partial charge in [0.25, 0.3) is 0 Å². The van der Waals surface area contributed by atoms with Crippen LogP contribution in [0.25, 0.3) is 108 Å². The lowest BCUT2D eigenvalue weighted by Gasteiger charge is -2.15. The van der Waals surface area contributed by atoms with Gasteiger partial charge in [0, 0.05) is 57.0 Å². The van der Waals surface area contributed by atoms with E-state index in [4.69, 9.17) is 15.0 Å². The third kappa shape index (κ3) is 5.60. The van der Waals surface area contributed by atoms with E-state index in [2.05, 4.69) is 188 Å². The highest BCUT2D eigenvalue weighted by Gasteiger charge is 2.21. The number of benzene rings is 8. The molecule has 3 aromatic heterocycles. The minimum atomic E-state index is 0.642. The first-order valence-corrected chi connectivity index (χ1v) is 20.3. The molecule has 262 valence electrons. The summed E-state index contributed by atoms with van der Waals surface area (Å²) < 4.78 is 4.84. The van der Waals surface area contributed by atoms with E-state index in [1.165, 1.54) is 51.5 Å². The molecule has 11 aromatic rings. The smallest absolute Gasteiger partial charge is 0.165 e. The lowest BCUT2D eigenvalue weighted by atomic mass is 9.93. The molecule has 3 nitrogen and oxygen atoms in total. The third-order valence-corrected chi connectivity index (χ3v) is 13.0. The Morgan fingerprint density at radius 2 is 0.679 bits per heavy atom. The van der Waals surface area contributed by atoms with Crippen LogP contribution in [-0.4, -0.2) is 15.0 Å². The number of fused-ring (bicyclic) bond motifs is 6. The molecule has 0 saturated carbocycles. The number of rotatable bonds is 6. The summed E-state index contributed by atoms with van der Waals surface area (Å²) in [4.78, 5) is 16.1.